The topological polar surface area (TPSA) is 33.5 Å². The van der Waals surface area contributed by atoms with E-state index >= 15 is 0 Å². The predicted octanol–water partition coefficient (Wildman–Crippen LogP) is 18.9. The molecule has 5 heteroatoms. The molecule has 14 rings (SSSR count). The fraction of sp³-hybridized carbons (Fsp3) is 0.0972. The van der Waals surface area contributed by atoms with Crippen molar-refractivity contribution in [1.82, 2.24) is 9.55 Å². The van der Waals surface area contributed by atoms with Crippen LogP contribution < -0.4 is 14.5 Å². The summed E-state index contributed by atoms with van der Waals surface area (Å²) in [6.45, 7) is 9.70. The Kier molecular flexibility index (Phi) is 10.9. The molecule has 3 heterocycles. The van der Waals surface area contributed by atoms with Crippen LogP contribution in [0.5, 0.6) is 11.5 Å². The minimum atomic E-state index is -0.491. The van der Waals surface area contributed by atoms with E-state index in [1.807, 2.05) is 6.20 Å². The Hall–Kier alpha value is -9.45. The first kappa shape index (κ1) is 46.1. The number of ether oxygens (including phenoxy) is 1. The highest BCUT2D eigenvalue weighted by Crippen LogP contribution is 2.56. The van der Waals surface area contributed by atoms with Crippen LogP contribution >= 0.6 is 0 Å². The van der Waals surface area contributed by atoms with E-state index in [1.165, 1.54) is 55.5 Å². The highest BCUT2D eigenvalue weighted by atomic mass is 16.5. The molecule has 0 unspecified atom stereocenters. The lowest BCUT2D eigenvalue weighted by Crippen LogP contribution is -2.26. The van der Waals surface area contributed by atoms with Crippen molar-refractivity contribution in [2.45, 2.75) is 38.5 Å². The number of aromatic nitrogens is 2. The molecule has 0 radical (unpaired) electrons. The lowest BCUT2D eigenvalue weighted by molar-refractivity contribution is 0.481. The maximum Gasteiger partial charge on any atom is 0.137 e. The third-order valence-electron chi connectivity index (χ3n) is 16.1. The molecule has 2 aromatic heterocycles. The van der Waals surface area contributed by atoms with Crippen LogP contribution in [0.2, 0.25) is 0 Å². The largest absolute Gasteiger partial charge is 0.457 e. The van der Waals surface area contributed by atoms with Gasteiger partial charge >= 0.3 is 0 Å². The van der Waals surface area contributed by atoms with Crippen LogP contribution in [0.1, 0.15) is 49.9 Å². The molecule has 5 nitrogen and oxygen atoms in total. The van der Waals surface area contributed by atoms with E-state index in [2.05, 4.69) is 291 Å². The van der Waals surface area contributed by atoms with Crippen LogP contribution in [-0.4, -0.2) is 16.2 Å². The van der Waals surface area contributed by atoms with Crippen molar-refractivity contribution < 1.29 is 4.74 Å². The van der Waals surface area contributed by atoms with E-state index in [0.717, 1.165) is 73.2 Å². The van der Waals surface area contributed by atoms with Gasteiger partial charge < -0.3 is 14.5 Å². The molecule has 0 bridgehead atoms. The number of benzene rings is 10. The van der Waals surface area contributed by atoms with Gasteiger partial charge in [0.1, 0.15) is 24.0 Å². The maximum atomic E-state index is 7.31. The molecule has 1 aliphatic carbocycles. The number of hydrogen-bond donors (Lipinski definition) is 0. The molecule has 0 atom stereocenters. The Morgan fingerprint density at radius 3 is 1.65 bits per heavy atom. The average Bonchev–Trinajstić information content (AvgIpc) is 4.22. The second-order valence-corrected chi connectivity index (χ2v) is 21.7. The van der Waals surface area contributed by atoms with Crippen LogP contribution in [0.15, 0.2) is 255 Å². The van der Waals surface area contributed by atoms with E-state index in [4.69, 9.17) is 9.72 Å². The van der Waals surface area contributed by atoms with Crippen molar-refractivity contribution in [2.75, 3.05) is 16.5 Å². The van der Waals surface area contributed by atoms with Crippen LogP contribution in [-0.2, 0) is 10.8 Å². The van der Waals surface area contributed by atoms with Crippen molar-refractivity contribution in [3.05, 3.63) is 277 Å². The molecule has 10 aromatic carbocycles. The van der Waals surface area contributed by atoms with Crippen molar-refractivity contribution in [1.29, 1.82) is 0 Å². The molecule has 0 fully saturated rings. The summed E-state index contributed by atoms with van der Waals surface area (Å²) >= 11 is 0. The quantitative estimate of drug-likeness (QED) is 0.144. The summed E-state index contributed by atoms with van der Waals surface area (Å²) in [6.07, 6.45) is 1.94. The summed E-state index contributed by atoms with van der Waals surface area (Å²) in [7, 11) is 0. The molecule has 2 aliphatic rings. The van der Waals surface area contributed by atoms with Gasteiger partial charge in [0.2, 0.25) is 0 Å². The number of anilines is 4. The van der Waals surface area contributed by atoms with Crippen LogP contribution in [0.3, 0.4) is 0 Å². The zero-order valence-electron chi connectivity index (χ0n) is 43.7. The molecule has 0 amide bonds. The third kappa shape index (κ3) is 7.72. The van der Waals surface area contributed by atoms with E-state index in [1.54, 1.807) is 0 Å². The van der Waals surface area contributed by atoms with Crippen LogP contribution in [0.4, 0.5) is 22.7 Å². The van der Waals surface area contributed by atoms with Gasteiger partial charge in [-0.2, -0.15) is 0 Å². The monoisotopic (exact) mass is 992 g/mol. The lowest BCUT2D eigenvalue weighted by Gasteiger charge is -2.31. The summed E-state index contributed by atoms with van der Waals surface area (Å²) in [5.74, 6) is 2.39. The van der Waals surface area contributed by atoms with Gasteiger partial charge in [0.05, 0.1) is 28.1 Å². The molecule has 1 aliphatic heterocycles. The summed E-state index contributed by atoms with van der Waals surface area (Å²) in [5, 5.41) is 2.32. The smallest absolute Gasteiger partial charge is 0.137 e. The Morgan fingerprint density at radius 2 is 1.00 bits per heavy atom. The predicted molar refractivity (Wildman–Crippen MR) is 320 cm³/mol. The van der Waals surface area contributed by atoms with E-state index < -0.39 is 5.41 Å². The number of nitrogens with zero attached hydrogens (tertiary/aromatic N) is 4. The maximum absolute atomic E-state index is 7.31. The minimum absolute atomic E-state index is 0.0430. The van der Waals surface area contributed by atoms with Crippen molar-refractivity contribution in [3.8, 4) is 61.8 Å². The molecule has 0 spiro atoms. The minimum Gasteiger partial charge on any atom is -0.457 e. The molecule has 370 valence electrons. The first-order chi connectivity index (χ1) is 37.7. The SMILES string of the molecule is CC(C)(C)c1ccnc(-n2c3ccccc3c3ccc(Oc4cc(N5CN(c6c(-c7ccccc7)cc(-c7ccccc7)cc6-c6ccccc6)c6ccccc65)cc(C5(C)c6ccccc6-c6ccccc65)c4)cc32)c1. The second-order valence-electron chi connectivity index (χ2n) is 21.7. The second kappa shape index (κ2) is 18.1. The Labute approximate surface area is 450 Å². The van der Waals surface area contributed by atoms with Gasteiger partial charge in [0.25, 0.3) is 0 Å². The summed E-state index contributed by atoms with van der Waals surface area (Å²) < 4.78 is 9.60. The van der Waals surface area contributed by atoms with Crippen molar-refractivity contribution in [3.63, 3.8) is 0 Å². The average molecular weight is 993 g/mol. The zero-order chi connectivity index (χ0) is 51.8. The lowest BCUT2D eigenvalue weighted by atomic mass is 9.74. The van der Waals surface area contributed by atoms with Gasteiger partial charge in [-0.3, -0.25) is 4.57 Å². The molecule has 0 N–H and O–H groups in total. The van der Waals surface area contributed by atoms with Gasteiger partial charge in [-0.05, 0) is 135 Å². The standard InChI is InChI=1S/C72H56N4O/c1-71(2,3)52-38-39-73-69(44-52)76-65-33-19-16-30-59(65)60-37-36-55(46-68(60)76)77-56-43-53(72(4)63-31-17-14-28-57(63)58-29-15-18-32-64(58)72)42-54(45-56)74-47-75(67-35-21-20-34-66(67)74)70-61(49-24-10-6-11-25-49)40-51(48-22-8-5-9-23-48)41-62(70)50-26-12-7-13-27-50/h5-46H,47H2,1-4H3. The Balaban J connectivity index is 0.960. The molecule has 12 aromatic rings. The number of rotatable bonds is 9. The number of pyridine rings is 1. The highest BCUT2D eigenvalue weighted by molar-refractivity contribution is 6.09. The number of para-hydroxylation sites is 3. The number of fused-ring (bicyclic) bond motifs is 7. The molecule has 0 saturated carbocycles. The third-order valence-corrected chi connectivity index (χ3v) is 16.1. The van der Waals surface area contributed by atoms with Gasteiger partial charge in [0, 0.05) is 51.3 Å². The van der Waals surface area contributed by atoms with E-state index in [0.29, 0.717) is 6.67 Å². The summed E-state index contributed by atoms with van der Waals surface area (Å²) in [6, 6.07) is 90.4. The summed E-state index contributed by atoms with van der Waals surface area (Å²) in [4.78, 5) is 9.99. The first-order valence-electron chi connectivity index (χ1n) is 26.7. The van der Waals surface area contributed by atoms with Gasteiger partial charge in [0.15, 0.2) is 0 Å². The molecular weight excluding hydrogens is 937 g/mol. The van der Waals surface area contributed by atoms with Crippen LogP contribution in [0.25, 0.3) is 72.1 Å². The van der Waals surface area contributed by atoms with E-state index in [9.17, 15) is 0 Å². The fourth-order valence-corrected chi connectivity index (χ4v) is 12.3. The first-order valence-corrected chi connectivity index (χ1v) is 26.7. The summed E-state index contributed by atoms with van der Waals surface area (Å²) in [5.41, 5.74) is 20.5. The normalized spacial score (nSPS) is 13.5. The molecule has 77 heavy (non-hydrogen) atoms. The molecule has 0 saturated heterocycles. The van der Waals surface area contributed by atoms with Crippen LogP contribution in [0, 0.1) is 0 Å². The van der Waals surface area contributed by atoms with Crippen molar-refractivity contribution in [2.24, 2.45) is 0 Å². The highest BCUT2D eigenvalue weighted by Gasteiger charge is 2.42. The van der Waals surface area contributed by atoms with E-state index in [-0.39, 0.29) is 5.41 Å². The number of hydrogen-bond acceptors (Lipinski definition) is 4. The van der Waals surface area contributed by atoms with Gasteiger partial charge in [-0.15, -0.1) is 0 Å². The zero-order valence-corrected chi connectivity index (χ0v) is 43.7. The Bertz CT molecular complexity index is 4120. The fourth-order valence-electron chi connectivity index (χ4n) is 12.3. The van der Waals surface area contributed by atoms with Crippen molar-refractivity contribution >= 4 is 44.6 Å². The Morgan fingerprint density at radius 1 is 0.442 bits per heavy atom. The van der Waals surface area contributed by atoms with Gasteiger partial charge in [-0.1, -0.05) is 191 Å². The molecular formula is C72H56N4O. The van der Waals surface area contributed by atoms with Gasteiger partial charge in [-0.25, -0.2) is 4.98 Å².